The topological polar surface area (TPSA) is 26.3 Å². The summed E-state index contributed by atoms with van der Waals surface area (Å²) in [5.74, 6) is -0.216. The standard InChI is InChI=1S/C27H48NO2.BrH/c1-4-5-6-7-8-9-10-11-12-13-14-15-16-20-23-28(2,3)24-25-30-27(29)26-21-18-17-19-22-26;/h17-19,21-22H,4-16,20,23-25H2,1-3H3;1H/q+1;/p-1. The minimum absolute atomic E-state index is 0. The number of hydrogen-bond acceptors (Lipinski definition) is 2. The van der Waals surface area contributed by atoms with Gasteiger partial charge in [-0.2, -0.15) is 0 Å². The summed E-state index contributed by atoms with van der Waals surface area (Å²) in [6.07, 6.45) is 19.6. The molecule has 0 heterocycles. The smallest absolute Gasteiger partial charge is 0.338 e. The number of likely N-dealkylation sites (N-methyl/N-ethyl adjacent to an activating group) is 1. The highest BCUT2D eigenvalue weighted by molar-refractivity contribution is 5.89. The highest BCUT2D eigenvalue weighted by Crippen LogP contribution is 2.13. The van der Waals surface area contributed by atoms with Crippen LogP contribution >= 0.6 is 0 Å². The molecule has 0 spiro atoms. The Hall–Kier alpha value is -0.870. The fourth-order valence-corrected chi connectivity index (χ4v) is 3.89. The molecular weight excluding hydrogens is 450 g/mol. The van der Waals surface area contributed by atoms with E-state index in [2.05, 4.69) is 21.0 Å². The number of nitrogens with zero attached hydrogens (tertiary/aromatic N) is 1. The number of carbonyl (C=O) groups is 1. The third kappa shape index (κ3) is 17.4. The van der Waals surface area contributed by atoms with Crippen LogP contribution in [-0.4, -0.2) is 44.2 Å². The Morgan fingerprint density at radius 1 is 0.710 bits per heavy atom. The van der Waals surface area contributed by atoms with Gasteiger partial charge in [-0.3, -0.25) is 0 Å². The molecule has 3 nitrogen and oxygen atoms in total. The van der Waals surface area contributed by atoms with Gasteiger partial charge >= 0.3 is 5.97 Å². The number of ether oxygens (including phenoxy) is 1. The lowest BCUT2D eigenvalue weighted by Gasteiger charge is -2.29. The molecule has 0 saturated heterocycles. The van der Waals surface area contributed by atoms with Crippen LogP contribution in [0.2, 0.25) is 0 Å². The lowest BCUT2D eigenvalue weighted by Crippen LogP contribution is -3.00. The molecule has 0 saturated carbocycles. The fraction of sp³-hybridized carbons (Fsp3) is 0.741. The minimum atomic E-state index is -0.216. The number of carbonyl (C=O) groups excluding carboxylic acids is 1. The number of quaternary nitrogens is 1. The highest BCUT2D eigenvalue weighted by Gasteiger charge is 2.16. The summed E-state index contributed by atoms with van der Waals surface area (Å²) in [5.41, 5.74) is 0.634. The lowest BCUT2D eigenvalue weighted by atomic mass is 10.0. The van der Waals surface area contributed by atoms with Crippen LogP contribution in [0.5, 0.6) is 0 Å². The van der Waals surface area contributed by atoms with Crippen LogP contribution in [0, 0.1) is 0 Å². The van der Waals surface area contributed by atoms with Gasteiger partial charge in [-0.25, -0.2) is 4.79 Å². The van der Waals surface area contributed by atoms with Crippen molar-refractivity contribution in [2.24, 2.45) is 0 Å². The van der Waals surface area contributed by atoms with Gasteiger partial charge in [-0.05, 0) is 25.0 Å². The van der Waals surface area contributed by atoms with Gasteiger partial charge in [0, 0.05) is 0 Å². The van der Waals surface area contributed by atoms with E-state index in [-0.39, 0.29) is 23.0 Å². The summed E-state index contributed by atoms with van der Waals surface area (Å²) in [4.78, 5) is 12.0. The summed E-state index contributed by atoms with van der Waals surface area (Å²) in [6, 6.07) is 9.25. The van der Waals surface area contributed by atoms with Crippen molar-refractivity contribution in [3.05, 3.63) is 35.9 Å². The maximum Gasteiger partial charge on any atom is 0.338 e. The minimum Gasteiger partial charge on any atom is -1.00 e. The van der Waals surface area contributed by atoms with E-state index in [1.54, 1.807) is 12.1 Å². The van der Waals surface area contributed by atoms with Crippen molar-refractivity contribution in [1.82, 2.24) is 0 Å². The van der Waals surface area contributed by atoms with Crippen molar-refractivity contribution in [2.45, 2.75) is 96.8 Å². The number of rotatable bonds is 19. The Kier molecular flexibility index (Phi) is 19.2. The van der Waals surface area contributed by atoms with Crippen LogP contribution in [0.15, 0.2) is 30.3 Å². The molecule has 0 aliphatic heterocycles. The molecule has 180 valence electrons. The predicted molar refractivity (Wildman–Crippen MR) is 129 cm³/mol. The van der Waals surface area contributed by atoms with Gasteiger partial charge in [0.15, 0.2) is 0 Å². The van der Waals surface area contributed by atoms with Crippen LogP contribution in [-0.2, 0) is 4.74 Å². The monoisotopic (exact) mass is 497 g/mol. The van der Waals surface area contributed by atoms with Gasteiger partial charge < -0.3 is 26.2 Å². The average molecular weight is 499 g/mol. The summed E-state index contributed by atoms with van der Waals surface area (Å²) >= 11 is 0. The summed E-state index contributed by atoms with van der Waals surface area (Å²) in [5, 5.41) is 0. The first-order chi connectivity index (χ1) is 14.5. The maximum absolute atomic E-state index is 12.0. The second-order valence-electron chi connectivity index (χ2n) is 9.48. The van der Waals surface area contributed by atoms with Crippen molar-refractivity contribution in [3.63, 3.8) is 0 Å². The quantitative estimate of drug-likeness (QED) is 0.161. The first kappa shape index (κ1) is 30.1. The molecule has 31 heavy (non-hydrogen) atoms. The molecule has 0 radical (unpaired) electrons. The number of halogens is 1. The van der Waals surface area contributed by atoms with Crippen molar-refractivity contribution in [2.75, 3.05) is 33.8 Å². The van der Waals surface area contributed by atoms with Gasteiger partial charge in [-0.15, -0.1) is 0 Å². The third-order valence-electron chi connectivity index (χ3n) is 6.06. The van der Waals surface area contributed by atoms with Gasteiger partial charge in [0.05, 0.1) is 26.2 Å². The SMILES string of the molecule is CCCCCCCCCCCCCCCC[N+](C)(C)CCOC(=O)c1ccccc1.[Br-]. The Bertz CT molecular complexity index is 533. The van der Waals surface area contributed by atoms with Crippen LogP contribution in [0.1, 0.15) is 107 Å². The van der Waals surface area contributed by atoms with Crippen LogP contribution in [0.25, 0.3) is 0 Å². The third-order valence-corrected chi connectivity index (χ3v) is 6.06. The largest absolute Gasteiger partial charge is 1.00 e. The predicted octanol–water partition coefficient (Wildman–Crippen LogP) is 4.41. The van der Waals surface area contributed by atoms with E-state index in [9.17, 15) is 4.79 Å². The van der Waals surface area contributed by atoms with E-state index in [1.807, 2.05) is 18.2 Å². The fourth-order valence-electron chi connectivity index (χ4n) is 3.89. The van der Waals surface area contributed by atoms with Crippen molar-refractivity contribution < 1.29 is 31.0 Å². The Balaban J connectivity index is 0.00000900. The molecule has 0 unspecified atom stereocenters. The molecule has 0 fully saturated rings. The molecule has 1 aromatic rings. The van der Waals surface area contributed by atoms with Crippen molar-refractivity contribution >= 4 is 5.97 Å². The highest BCUT2D eigenvalue weighted by atomic mass is 79.9. The second kappa shape index (κ2) is 19.8. The zero-order valence-electron chi connectivity index (χ0n) is 20.5. The summed E-state index contributed by atoms with van der Waals surface area (Å²) in [7, 11) is 4.47. The van der Waals surface area contributed by atoms with Crippen molar-refractivity contribution in [1.29, 1.82) is 0 Å². The number of hydrogen-bond donors (Lipinski definition) is 0. The summed E-state index contributed by atoms with van der Waals surface area (Å²) in [6.45, 7) is 4.80. The molecule has 0 bridgehead atoms. The normalized spacial score (nSPS) is 11.2. The van der Waals surface area contributed by atoms with Crippen LogP contribution in [0.4, 0.5) is 0 Å². The molecule has 0 amide bonds. The number of unbranched alkanes of at least 4 members (excludes halogenated alkanes) is 13. The molecule has 1 aromatic carbocycles. The first-order valence-corrected chi connectivity index (χ1v) is 12.6. The lowest BCUT2D eigenvalue weighted by molar-refractivity contribution is -0.890. The molecule has 0 N–H and O–H groups in total. The summed E-state index contributed by atoms with van der Waals surface area (Å²) < 4.78 is 6.35. The van der Waals surface area contributed by atoms with Crippen LogP contribution < -0.4 is 17.0 Å². The van der Waals surface area contributed by atoms with E-state index < -0.39 is 0 Å². The average Bonchev–Trinajstić information content (AvgIpc) is 2.74. The zero-order chi connectivity index (χ0) is 21.9. The maximum atomic E-state index is 12.0. The Morgan fingerprint density at radius 3 is 1.65 bits per heavy atom. The van der Waals surface area contributed by atoms with Crippen molar-refractivity contribution in [3.8, 4) is 0 Å². The molecule has 0 aliphatic carbocycles. The molecule has 1 rings (SSSR count). The molecule has 0 aliphatic rings. The van der Waals surface area contributed by atoms with E-state index in [0.717, 1.165) is 17.6 Å². The van der Waals surface area contributed by atoms with Gasteiger partial charge in [-0.1, -0.05) is 102 Å². The van der Waals surface area contributed by atoms with Gasteiger partial charge in [0.25, 0.3) is 0 Å². The van der Waals surface area contributed by atoms with E-state index in [4.69, 9.17) is 4.74 Å². The Morgan fingerprint density at radius 2 is 1.16 bits per heavy atom. The molecular formula is C27H48BrNO2. The number of esters is 1. The van der Waals surface area contributed by atoms with E-state index in [0.29, 0.717) is 12.2 Å². The van der Waals surface area contributed by atoms with Crippen LogP contribution in [0.3, 0.4) is 0 Å². The van der Waals surface area contributed by atoms with E-state index >= 15 is 0 Å². The van der Waals surface area contributed by atoms with E-state index in [1.165, 1.54) is 89.9 Å². The van der Waals surface area contributed by atoms with Gasteiger partial charge in [0.2, 0.25) is 0 Å². The second-order valence-corrected chi connectivity index (χ2v) is 9.48. The Labute approximate surface area is 203 Å². The van der Waals surface area contributed by atoms with Gasteiger partial charge in [0.1, 0.15) is 13.2 Å². The molecule has 0 atom stereocenters. The first-order valence-electron chi connectivity index (χ1n) is 12.6. The number of benzene rings is 1. The molecule has 4 heteroatoms. The molecule has 0 aromatic heterocycles. The zero-order valence-corrected chi connectivity index (χ0v) is 22.1.